The van der Waals surface area contributed by atoms with E-state index in [9.17, 15) is 0 Å². The molecule has 0 rings (SSSR count). The third kappa shape index (κ3) is 205. The van der Waals surface area contributed by atoms with Crippen molar-refractivity contribution in [2.75, 3.05) is 0 Å². The molecule has 12 N–H and O–H groups in total. The predicted octanol–water partition coefficient (Wildman–Crippen LogP) is -11.3. The fourth-order valence-electron chi connectivity index (χ4n) is 0. The molecule has 0 saturated heterocycles. The summed E-state index contributed by atoms with van der Waals surface area (Å²) in [6.45, 7) is 0. The smallest absolute Gasteiger partial charge is 1.00 e. The molecule has 0 aromatic carbocycles. The van der Waals surface area contributed by atoms with Crippen LogP contribution in [-0.2, 0) is 20.4 Å². The van der Waals surface area contributed by atoms with Crippen molar-refractivity contribution in [1.82, 2.24) is 24.6 Å². The zero-order valence-electron chi connectivity index (χ0n) is 4.66. The molecule has 4 nitrogen and oxygen atoms in total. The van der Waals surface area contributed by atoms with E-state index in [-0.39, 0.29) is 94.7 Å². The standard InChI is InChI=1S/4ClH.4H3N.Pd/h4*1H;4*1H3;/q;;;;;;;;+4/p-4. The SMILES string of the molecule is N.N.N.N.[Cl-].[Cl-].[Cl-].[Cl-].[Pd+4]. The normalized spacial score (nSPS) is 0. The number of hydrogen-bond acceptors (Lipinski definition) is 4. The van der Waals surface area contributed by atoms with E-state index in [2.05, 4.69) is 0 Å². The number of hydrogen-bond donors (Lipinski definition) is 4. The van der Waals surface area contributed by atoms with Crippen LogP contribution >= 0.6 is 0 Å². The first-order valence-corrected chi connectivity index (χ1v) is 0. The zero-order valence-corrected chi connectivity index (χ0v) is 9.23. The average molecular weight is 316 g/mol. The first-order valence-electron chi connectivity index (χ1n) is 0. The van der Waals surface area contributed by atoms with Crippen LogP contribution in [0.5, 0.6) is 0 Å². The minimum absolute atomic E-state index is 0. The van der Waals surface area contributed by atoms with E-state index >= 15 is 0 Å². The molecule has 0 saturated carbocycles. The Morgan fingerprint density at radius 3 is 0.333 bits per heavy atom. The predicted molar refractivity (Wildman–Crippen MR) is 20.1 cm³/mol. The quantitative estimate of drug-likeness (QED) is 0.329. The van der Waals surface area contributed by atoms with E-state index in [0.29, 0.717) is 0 Å². The Kier molecular flexibility index (Phi) is 10500. The number of halogens is 4. The number of rotatable bonds is 0. The van der Waals surface area contributed by atoms with Crippen LogP contribution < -0.4 is 74.2 Å². The minimum Gasteiger partial charge on any atom is -1.00 e. The minimum atomic E-state index is 0. The summed E-state index contributed by atoms with van der Waals surface area (Å²) in [5, 5.41) is 0. The molecule has 0 aliphatic heterocycles. The molecule has 0 amide bonds. The summed E-state index contributed by atoms with van der Waals surface area (Å²) < 4.78 is 0. The van der Waals surface area contributed by atoms with Crippen molar-refractivity contribution in [3.8, 4) is 0 Å². The van der Waals surface area contributed by atoms with Gasteiger partial charge >= 0.3 is 20.4 Å². The largest absolute Gasteiger partial charge is 4.00 e. The Morgan fingerprint density at radius 2 is 0.333 bits per heavy atom. The summed E-state index contributed by atoms with van der Waals surface area (Å²) in [4.78, 5) is 0. The van der Waals surface area contributed by atoms with Crippen molar-refractivity contribution in [2.24, 2.45) is 0 Å². The van der Waals surface area contributed by atoms with Crippen LogP contribution in [0, 0.1) is 0 Å². The second-order valence-corrected chi connectivity index (χ2v) is 0. The van der Waals surface area contributed by atoms with Crippen LogP contribution in [0.25, 0.3) is 0 Å². The van der Waals surface area contributed by atoms with Crippen molar-refractivity contribution in [2.45, 2.75) is 0 Å². The third-order valence-corrected chi connectivity index (χ3v) is 0. The Balaban J connectivity index is 0. The van der Waals surface area contributed by atoms with Gasteiger partial charge in [0.05, 0.1) is 0 Å². The van der Waals surface area contributed by atoms with Gasteiger partial charge in [0.25, 0.3) is 0 Å². The fourth-order valence-corrected chi connectivity index (χ4v) is 0. The van der Waals surface area contributed by atoms with Gasteiger partial charge in [0.15, 0.2) is 0 Å². The average Bonchev–Trinajstić information content (AvgIpc) is 0. The van der Waals surface area contributed by atoms with E-state index < -0.39 is 0 Å². The van der Waals surface area contributed by atoms with Crippen molar-refractivity contribution in [3.63, 3.8) is 0 Å². The van der Waals surface area contributed by atoms with Crippen molar-refractivity contribution in [3.05, 3.63) is 0 Å². The zero-order chi connectivity index (χ0) is 0. The van der Waals surface area contributed by atoms with E-state index in [1.54, 1.807) is 0 Å². The summed E-state index contributed by atoms with van der Waals surface area (Å²) >= 11 is 0. The van der Waals surface area contributed by atoms with Crippen LogP contribution in [0.1, 0.15) is 0 Å². The molecule has 0 spiro atoms. The monoisotopic (exact) mass is 314 g/mol. The van der Waals surface area contributed by atoms with Crippen LogP contribution in [0.15, 0.2) is 0 Å². The van der Waals surface area contributed by atoms with Gasteiger partial charge in [0, 0.05) is 0 Å². The molecular weight excluding hydrogens is 304 g/mol. The van der Waals surface area contributed by atoms with Gasteiger partial charge < -0.3 is 74.2 Å². The molecule has 0 aliphatic carbocycles. The summed E-state index contributed by atoms with van der Waals surface area (Å²) in [7, 11) is 0. The molecular formula is H12Cl4N4Pd. The molecule has 70 valence electrons. The molecule has 0 aromatic heterocycles. The van der Waals surface area contributed by atoms with Crippen LogP contribution in [0.4, 0.5) is 0 Å². The second-order valence-electron chi connectivity index (χ2n) is 0. The maximum absolute atomic E-state index is 0. The Morgan fingerprint density at radius 1 is 0.333 bits per heavy atom. The molecule has 9 heavy (non-hydrogen) atoms. The van der Waals surface area contributed by atoms with Crippen LogP contribution in [0.2, 0.25) is 0 Å². The molecule has 0 radical (unpaired) electrons. The van der Waals surface area contributed by atoms with Gasteiger partial charge in [-0.2, -0.15) is 0 Å². The van der Waals surface area contributed by atoms with Gasteiger partial charge in [-0.3, -0.25) is 0 Å². The van der Waals surface area contributed by atoms with Crippen molar-refractivity contribution < 1.29 is 70.1 Å². The third-order valence-electron chi connectivity index (χ3n) is 0. The molecule has 0 bridgehead atoms. The molecule has 0 aromatic rings. The molecule has 0 fully saturated rings. The molecule has 0 aliphatic rings. The van der Waals surface area contributed by atoms with Crippen LogP contribution in [-0.4, -0.2) is 0 Å². The maximum Gasteiger partial charge on any atom is 4.00 e. The van der Waals surface area contributed by atoms with Crippen LogP contribution in [0.3, 0.4) is 0 Å². The van der Waals surface area contributed by atoms with Gasteiger partial charge in [0.2, 0.25) is 0 Å². The Labute approximate surface area is 94.3 Å². The summed E-state index contributed by atoms with van der Waals surface area (Å²) in [5.74, 6) is 0. The Hall–Kier alpha value is 1.66. The van der Waals surface area contributed by atoms with Gasteiger partial charge in [-0.25, -0.2) is 0 Å². The van der Waals surface area contributed by atoms with Gasteiger partial charge in [-0.1, -0.05) is 0 Å². The molecule has 0 heterocycles. The molecule has 0 atom stereocenters. The van der Waals surface area contributed by atoms with Crippen molar-refractivity contribution in [1.29, 1.82) is 0 Å². The Bertz CT molecular complexity index is 12.5. The first-order chi connectivity index (χ1) is 0. The molecule has 9 heteroatoms. The molecule has 0 unspecified atom stereocenters. The second kappa shape index (κ2) is 262. The van der Waals surface area contributed by atoms with E-state index in [0.717, 1.165) is 0 Å². The van der Waals surface area contributed by atoms with E-state index in [1.165, 1.54) is 0 Å². The first kappa shape index (κ1) is 360. The topological polar surface area (TPSA) is 140 Å². The summed E-state index contributed by atoms with van der Waals surface area (Å²) in [6.07, 6.45) is 0. The van der Waals surface area contributed by atoms with Gasteiger partial charge in [-0.05, 0) is 0 Å². The summed E-state index contributed by atoms with van der Waals surface area (Å²) in [5.41, 5.74) is 0. The van der Waals surface area contributed by atoms with E-state index in [1.807, 2.05) is 0 Å². The maximum atomic E-state index is 0. The van der Waals surface area contributed by atoms with Crippen molar-refractivity contribution >= 4 is 0 Å². The van der Waals surface area contributed by atoms with E-state index in [4.69, 9.17) is 0 Å². The summed E-state index contributed by atoms with van der Waals surface area (Å²) in [6, 6.07) is 0. The fraction of sp³-hybridized carbons (Fsp3) is 0. The van der Waals surface area contributed by atoms with Gasteiger partial charge in [0.1, 0.15) is 0 Å². The van der Waals surface area contributed by atoms with Gasteiger partial charge in [-0.15, -0.1) is 0 Å².